The Balaban J connectivity index is 1.36. The lowest BCUT2D eigenvalue weighted by Crippen LogP contribution is -1.94. The van der Waals surface area contributed by atoms with Crippen LogP contribution in [0.3, 0.4) is 0 Å². The number of hydrogen-bond donors (Lipinski definition) is 0. The average molecular weight is 550 g/mol. The minimum Gasteiger partial charge on any atom is -0.456 e. The molecule has 0 amide bonds. The maximum absolute atomic E-state index is 10.3. The molecule has 3 heterocycles. The third-order valence-corrected chi connectivity index (χ3v) is 8.45. The summed E-state index contributed by atoms with van der Waals surface area (Å²) in [5, 5.41) is 25.8. The van der Waals surface area contributed by atoms with Gasteiger partial charge < -0.3 is 13.4 Å². The molecule has 6 aromatic carbocycles. The van der Waals surface area contributed by atoms with Crippen molar-refractivity contribution in [1.82, 2.24) is 4.57 Å². The monoisotopic (exact) mass is 549 g/mol. The summed E-state index contributed by atoms with van der Waals surface area (Å²) in [6.45, 7) is 0. The van der Waals surface area contributed by atoms with Crippen LogP contribution in [0.5, 0.6) is 0 Å². The van der Waals surface area contributed by atoms with Crippen molar-refractivity contribution in [2.45, 2.75) is 0 Å². The van der Waals surface area contributed by atoms with Gasteiger partial charge >= 0.3 is 0 Å². The van der Waals surface area contributed by atoms with Crippen LogP contribution >= 0.6 is 0 Å². The largest absolute Gasteiger partial charge is 0.456 e. The highest BCUT2D eigenvalue weighted by Gasteiger charge is 2.21. The van der Waals surface area contributed by atoms with Gasteiger partial charge in [-0.05, 0) is 65.7 Å². The number of nitrogens with zero attached hydrogens (tertiary/aromatic N) is 3. The number of furan rings is 2. The van der Waals surface area contributed by atoms with Crippen LogP contribution in [-0.4, -0.2) is 4.57 Å². The van der Waals surface area contributed by atoms with Gasteiger partial charge in [-0.15, -0.1) is 0 Å². The molecule has 0 aliphatic carbocycles. The normalized spacial score (nSPS) is 11.7. The van der Waals surface area contributed by atoms with Crippen molar-refractivity contribution >= 4 is 65.7 Å². The second-order valence-electron chi connectivity index (χ2n) is 10.7. The molecule has 0 saturated carbocycles. The fourth-order valence-electron chi connectivity index (χ4n) is 6.62. The molecule has 198 valence electrons. The van der Waals surface area contributed by atoms with Gasteiger partial charge in [0.2, 0.25) is 0 Å². The Morgan fingerprint density at radius 3 is 2.19 bits per heavy atom. The topological polar surface area (TPSA) is 78.8 Å². The van der Waals surface area contributed by atoms with E-state index in [1.54, 1.807) is 0 Å². The molecule has 0 atom stereocenters. The van der Waals surface area contributed by atoms with E-state index in [0.717, 1.165) is 71.3 Å². The zero-order valence-corrected chi connectivity index (χ0v) is 22.6. The second-order valence-corrected chi connectivity index (χ2v) is 10.7. The lowest BCUT2D eigenvalue weighted by molar-refractivity contribution is 0.665. The standard InChI is InChI=1S/C38H19N3O2/c39-20-22-15-16-32-29(17-22)26-7-1-3-11-31(26)41(32)33-12-5-10-27-30-19-23(18-24(21-40)37(30)43-38(27)33)25-9-6-14-35-36(25)28-8-2-4-13-34(28)42-35/h1-19H. The second kappa shape index (κ2) is 8.60. The maximum atomic E-state index is 10.3. The van der Waals surface area contributed by atoms with Crippen LogP contribution < -0.4 is 0 Å². The Labute approximate surface area is 244 Å². The number of aromatic nitrogens is 1. The maximum Gasteiger partial charge on any atom is 0.159 e. The SMILES string of the molecule is N#Cc1ccc2c(c1)c1ccccc1n2-c1cccc2c1oc1c(C#N)cc(-c3cccc4oc5ccccc5c34)cc12. The molecule has 0 saturated heterocycles. The molecule has 9 aromatic rings. The molecule has 0 aliphatic heterocycles. The van der Waals surface area contributed by atoms with E-state index in [1.807, 2.05) is 84.9 Å². The highest BCUT2D eigenvalue weighted by atomic mass is 16.3. The molecule has 0 spiro atoms. The first kappa shape index (κ1) is 23.4. The van der Waals surface area contributed by atoms with Crippen molar-refractivity contribution in [2.75, 3.05) is 0 Å². The lowest BCUT2D eigenvalue weighted by Gasteiger charge is -2.08. The number of fused-ring (bicyclic) bond motifs is 9. The Morgan fingerprint density at radius 1 is 0.535 bits per heavy atom. The van der Waals surface area contributed by atoms with Crippen LogP contribution in [0.4, 0.5) is 0 Å². The summed E-state index contributed by atoms with van der Waals surface area (Å²) in [4.78, 5) is 0. The van der Waals surface area contributed by atoms with Gasteiger partial charge in [-0.25, -0.2) is 0 Å². The van der Waals surface area contributed by atoms with E-state index in [9.17, 15) is 10.5 Å². The summed E-state index contributed by atoms with van der Waals surface area (Å²) >= 11 is 0. The molecule has 9 rings (SSSR count). The summed E-state index contributed by atoms with van der Waals surface area (Å²) < 4.78 is 14.9. The van der Waals surface area contributed by atoms with Crippen LogP contribution in [0, 0.1) is 22.7 Å². The number of benzene rings is 6. The lowest BCUT2D eigenvalue weighted by atomic mass is 9.96. The van der Waals surface area contributed by atoms with Crippen LogP contribution in [0.15, 0.2) is 124 Å². The number of hydrogen-bond acceptors (Lipinski definition) is 4. The van der Waals surface area contributed by atoms with Crippen LogP contribution in [0.1, 0.15) is 11.1 Å². The molecule has 43 heavy (non-hydrogen) atoms. The van der Waals surface area contributed by atoms with Crippen LogP contribution in [-0.2, 0) is 0 Å². The first-order valence-electron chi connectivity index (χ1n) is 14.0. The predicted molar refractivity (Wildman–Crippen MR) is 170 cm³/mol. The highest BCUT2D eigenvalue weighted by Crippen LogP contribution is 2.42. The number of nitriles is 2. The van der Waals surface area contributed by atoms with Crippen LogP contribution in [0.2, 0.25) is 0 Å². The van der Waals surface area contributed by atoms with Crippen molar-refractivity contribution in [2.24, 2.45) is 0 Å². The van der Waals surface area contributed by atoms with Gasteiger partial charge in [0.1, 0.15) is 17.2 Å². The fraction of sp³-hybridized carbons (Fsp3) is 0. The van der Waals surface area contributed by atoms with Gasteiger partial charge in [0.15, 0.2) is 11.2 Å². The van der Waals surface area contributed by atoms with Gasteiger partial charge in [-0.2, -0.15) is 10.5 Å². The Kier molecular flexibility index (Phi) is 4.68. The third-order valence-electron chi connectivity index (χ3n) is 8.45. The minimum atomic E-state index is 0.473. The van der Waals surface area contributed by atoms with E-state index in [0.29, 0.717) is 22.3 Å². The Morgan fingerprint density at radius 2 is 1.30 bits per heavy atom. The smallest absolute Gasteiger partial charge is 0.159 e. The molecular formula is C38H19N3O2. The molecule has 0 aliphatic rings. The molecule has 0 fully saturated rings. The summed E-state index contributed by atoms with van der Waals surface area (Å²) in [5.74, 6) is 0. The molecular weight excluding hydrogens is 530 g/mol. The van der Waals surface area contributed by atoms with E-state index < -0.39 is 0 Å². The first-order chi connectivity index (χ1) is 21.2. The molecule has 3 aromatic heterocycles. The van der Waals surface area contributed by atoms with Crippen molar-refractivity contribution in [3.05, 3.63) is 126 Å². The molecule has 0 radical (unpaired) electrons. The van der Waals surface area contributed by atoms with E-state index in [4.69, 9.17) is 8.83 Å². The molecule has 0 unspecified atom stereocenters. The van der Waals surface area contributed by atoms with Gasteiger partial charge in [0, 0.05) is 32.3 Å². The van der Waals surface area contributed by atoms with Crippen molar-refractivity contribution < 1.29 is 8.83 Å². The zero-order chi connectivity index (χ0) is 28.7. The average Bonchev–Trinajstić information content (AvgIpc) is 3.73. The first-order valence-corrected chi connectivity index (χ1v) is 14.0. The van der Waals surface area contributed by atoms with Gasteiger partial charge in [0.25, 0.3) is 0 Å². The highest BCUT2D eigenvalue weighted by molar-refractivity contribution is 6.16. The van der Waals surface area contributed by atoms with E-state index in [2.05, 4.69) is 47.0 Å². The molecule has 0 bridgehead atoms. The summed E-state index contributed by atoms with van der Waals surface area (Å²) in [7, 11) is 0. The van der Waals surface area contributed by atoms with Crippen LogP contribution in [0.25, 0.3) is 82.5 Å². The fourth-order valence-corrected chi connectivity index (χ4v) is 6.62. The Hall–Kier alpha value is -6.30. The summed E-state index contributed by atoms with van der Waals surface area (Å²) in [6.07, 6.45) is 0. The minimum absolute atomic E-state index is 0.473. The number of rotatable bonds is 2. The molecule has 5 nitrogen and oxygen atoms in total. The quantitative estimate of drug-likeness (QED) is 0.215. The van der Waals surface area contributed by atoms with E-state index in [1.165, 1.54) is 0 Å². The van der Waals surface area contributed by atoms with Gasteiger partial charge in [-0.3, -0.25) is 0 Å². The van der Waals surface area contributed by atoms with Crippen molar-refractivity contribution in [3.8, 4) is 29.0 Å². The van der Waals surface area contributed by atoms with Crippen molar-refractivity contribution in [1.29, 1.82) is 10.5 Å². The molecule has 5 heteroatoms. The summed E-state index contributed by atoms with van der Waals surface area (Å²) in [5.41, 5.74) is 8.78. The van der Waals surface area contributed by atoms with E-state index >= 15 is 0 Å². The zero-order valence-electron chi connectivity index (χ0n) is 22.6. The van der Waals surface area contributed by atoms with Crippen molar-refractivity contribution in [3.63, 3.8) is 0 Å². The van der Waals surface area contributed by atoms with Gasteiger partial charge in [-0.1, -0.05) is 60.7 Å². The Bertz CT molecular complexity index is 2710. The summed E-state index contributed by atoms with van der Waals surface area (Å²) in [6, 6.07) is 42.8. The predicted octanol–water partition coefficient (Wildman–Crippen LogP) is 9.99. The number of para-hydroxylation sites is 3. The molecule has 0 N–H and O–H groups in total. The third kappa shape index (κ3) is 3.19. The van der Waals surface area contributed by atoms with E-state index in [-0.39, 0.29) is 0 Å². The van der Waals surface area contributed by atoms with Gasteiger partial charge in [0.05, 0.1) is 33.9 Å².